The molecule has 1 saturated heterocycles. The van der Waals surface area contributed by atoms with Gasteiger partial charge < -0.3 is 15.4 Å². The van der Waals surface area contributed by atoms with E-state index < -0.39 is 0 Å². The first-order chi connectivity index (χ1) is 14.5. The van der Waals surface area contributed by atoms with Gasteiger partial charge in [-0.3, -0.25) is 0 Å². The fourth-order valence-corrected chi connectivity index (χ4v) is 4.17. The van der Waals surface area contributed by atoms with Crippen molar-refractivity contribution in [1.82, 2.24) is 9.97 Å². The van der Waals surface area contributed by atoms with Gasteiger partial charge in [-0.15, -0.1) is 0 Å². The molecule has 2 fully saturated rings. The number of rotatable bonds is 4. The minimum Gasteiger partial charge on any atom is -0.376 e. The third-order valence-electron chi connectivity index (χ3n) is 5.76. The summed E-state index contributed by atoms with van der Waals surface area (Å²) in [5, 5.41) is 7.21. The van der Waals surface area contributed by atoms with Crippen LogP contribution >= 0.6 is 11.6 Å². The van der Waals surface area contributed by atoms with Gasteiger partial charge in [-0.05, 0) is 64.2 Å². The molecule has 2 aromatic heterocycles. The Labute approximate surface area is 186 Å². The van der Waals surface area contributed by atoms with E-state index in [0.29, 0.717) is 11.1 Å². The van der Waals surface area contributed by atoms with Crippen LogP contribution in [-0.2, 0) is 4.74 Å². The first kappa shape index (κ1) is 22.8. The lowest BCUT2D eigenvalue weighted by atomic mass is 9.95. The highest BCUT2D eigenvalue weighted by molar-refractivity contribution is 6.33. The Hall–Kier alpha value is -1.85. The molecule has 0 unspecified atom stereocenters. The number of nitrogens with one attached hydrogen (secondary N) is 2. The number of hydrogen-bond acceptors (Lipinski definition) is 5. The lowest BCUT2D eigenvalue weighted by molar-refractivity contribution is -0.0511. The minimum atomic E-state index is 0.179. The number of halogens is 1. The zero-order chi connectivity index (χ0) is 21.4. The molecule has 2 aromatic rings. The molecule has 0 atom stereocenters. The van der Waals surface area contributed by atoms with E-state index in [9.17, 15) is 0 Å². The first-order valence-corrected chi connectivity index (χ1v) is 11.6. The Bertz CT molecular complexity index is 798. The zero-order valence-electron chi connectivity index (χ0n) is 18.5. The van der Waals surface area contributed by atoms with Crippen molar-refractivity contribution >= 4 is 23.2 Å². The highest BCUT2D eigenvalue weighted by Crippen LogP contribution is 2.30. The molecule has 3 heterocycles. The highest BCUT2D eigenvalue weighted by Gasteiger charge is 2.20. The largest absolute Gasteiger partial charge is 0.376 e. The maximum absolute atomic E-state index is 6.32. The monoisotopic (exact) mass is 430 g/mol. The van der Waals surface area contributed by atoms with Gasteiger partial charge >= 0.3 is 0 Å². The summed E-state index contributed by atoms with van der Waals surface area (Å²) in [5.41, 5.74) is 1.94. The van der Waals surface area contributed by atoms with Gasteiger partial charge in [-0.2, -0.15) is 0 Å². The van der Waals surface area contributed by atoms with Crippen LogP contribution in [0.5, 0.6) is 0 Å². The molecule has 0 amide bonds. The van der Waals surface area contributed by atoms with E-state index in [1.54, 1.807) is 6.20 Å². The molecule has 2 aliphatic rings. The van der Waals surface area contributed by atoms with Gasteiger partial charge in [0.1, 0.15) is 11.6 Å². The molecule has 30 heavy (non-hydrogen) atoms. The smallest absolute Gasteiger partial charge is 0.126 e. The Morgan fingerprint density at radius 3 is 2.50 bits per heavy atom. The van der Waals surface area contributed by atoms with Crippen LogP contribution in [0.3, 0.4) is 0 Å². The minimum absolute atomic E-state index is 0.179. The maximum atomic E-state index is 6.32. The second-order valence-corrected chi connectivity index (χ2v) is 9.16. The van der Waals surface area contributed by atoms with E-state index >= 15 is 0 Å². The summed E-state index contributed by atoms with van der Waals surface area (Å²) in [6.07, 6.45) is 11.9. The molecule has 164 valence electrons. The number of ether oxygens (including phenoxy) is 1. The third-order valence-corrected chi connectivity index (χ3v) is 6.06. The van der Waals surface area contributed by atoms with E-state index in [4.69, 9.17) is 16.3 Å². The van der Waals surface area contributed by atoms with Crippen LogP contribution in [0.1, 0.15) is 65.2 Å². The predicted molar refractivity (Wildman–Crippen MR) is 126 cm³/mol. The lowest BCUT2D eigenvalue weighted by Gasteiger charge is -2.29. The molecule has 1 aliphatic heterocycles. The SMILES string of the molecule is CC1(C)CCCCO1.CNc1cccc(-c2cc(NC3CCCCC3)ncc2Cl)n1. The van der Waals surface area contributed by atoms with Gasteiger partial charge in [-0.1, -0.05) is 36.9 Å². The Balaban J connectivity index is 0.000000269. The van der Waals surface area contributed by atoms with Crippen LogP contribution in [-0.4, -0.2) is 35.3 Å². The van der Waals surface area contributed by atoms with Gasteiger partial charge in [0.2, 0.25) is 0 Å². The fraction of sp³-hybridized carbons (Fsp3) is 0.583. The van der Waals surface area contributed by atoms with Crippen LogP contribution in [0.15, 0.2) is 30.5 Å². The van der Waals surface area contributed by atoms with Crippen molar-refractivity contribution in [2.45, 2.75) is 76.9 Å². The molecular formula is C24H35ClN4O. The summed E-state index contributed by atoms with van der Waals surface area (Å²) >= 11 is 6.32. The quantitative estimate of drug-likeness (QED) is 0.575. The van der Waals surface area contributed by atoms with Crippen LogP contribution in [0.4, 0.5) is 11.6 Å². The number of aromatic nitrogens is 2. The van der Waals surface area contributed by atoms with Gasteiger partial charge in [-0.25, -0.2) is 9.97 Å². The van der Waals surface area contributed by atoms with Crippen LogP contribution in [0.2, 0.25) is 5.02 Å². The summed E-state index contributed by atoms with van der Waals surface area (Å²) in [6.45, 7) is 5.28. The van der Waals surface area contributed by atoms with Crippen LogP contribution < -0.4 is 10.6 Å². The summed E-state index contributed by atoms with van der Waals surface area (Å²) < 4.78 is 5.47. The van der Waals surface area contributed by atoms with E-state index in [1.807, 2.05) is 31.3 Å². The van der Waals surface area contributed by atoms with E-state index in [0.717, 1.165) is 29.5 Å². The molecule has 0 radical (unpaired) electrons. The summed E-state index contributed by atoms with van der Waals surface area (Å²) in [6, 6.07) is 8.39. The summed E-state index contributed by atoms with van der Waals surface area (Å²) in [5.74, 6) is 1.70. The number of anilines is 2. The number of nitrogens with zero attached hydrogens (tertiary/aromatic N) is 2. The topological polar surface area (TPSA) is 59.1 Å². The average molecular weight is 431 g/mol. The molecular weight excluding hydrogens is 396 g/mol. The average Bonchev–Trinajstić information content (AvgIpc) is 2.76. The third kappa shape index (κ3) is 6.85. The normalized spacial score (nSPS) is 18.8. The zero-order valence-corrected chi connectivity index (χ0v) is 19.3. The second kappa shape index (κ2) is 11.0. The van der Waals surface area contributed by atoms with Crippen LogP contribution in [0.25, 0.3) is 11.3 Å². The fourth-order valence-electron chi connectivity index (χ4n) is 3.97. The lowest BCUT2D eigenvalue weighted by Crippen LogP contribution is -2.28. The van der Waals surface area contributed by atoms with Gasteiger partial charge in [0.15, 0.2) is 0 Å². The molecule has 1 aliphatic carbocycles. The highest BCUT2D eigenvalue weighted by atomic mass is 35.5. The van der Waals surface area contributed by atoms with Crippen molar-refractivity contribution in [3.05, 3.63) is 35.5 Å². The van der Waals surface area contributed by atoms with Crippen molar-refractivity contribution in [3.63, 3.8) is 0 Å². The van der Waals surface area contributed by atoms with Gasteiger partial charge in [0.05, 0.1) is 16.3 Å². The molecule has 6 heteroatoms. The van der Waals surface area contributed by atoms with Crippen LogP contribution in [0, 0.1) is 0 Å². The first-order valence-electron chi connectivity index (χ1n) is 11.2. The molecule has 2 N–H and O–H groups in total. The molecule has 0 aromatic carbocycles. The second-order valence-electron chi connectivity index (χ2n) is 8.75. The van der Waals surface area contributed by atoms with Crippen molar-refractivity contribution in [2.75, 3.05) is 24.3 Å². The van der Waals surface area contributed by atoms with Gasteiger partial charge in [0.25, 0.3) is 0 Å². The Kier molecular flexibility index (Phi) is 8.34. The summed E-state index contributed by atoms with van der Waals surface area (Å²) in [4.78, 5) is 8.97. The molecule has 0 spiro atoms. The molecule has 0 bridgehead atoms. The van der Waals surface area contributed by atoms with Crippen molar-refractivity contribution in [1.29, 1.82) is 0 Å². The van der Waals surface area contributed by atoms with E-state index in [2.05, 4.69) is 34.4 Å². The van der Waals surface area contributed by atoms with Crippen molar-refractivity contribution in [2.24, 2.45) is 0 Å². The van der Waals surface area contributed by atoms with Crippen molar-refractivity contribution in [3.8, 4) is 11.3 Å². The molecule has 5 nitrogen and oxygen atoms in total. The standard InChI is InChI=1S/C17H21ClN4.C7H14O/c1-19-16-9-5-8-15(22-16)13-10-17(20-11-14(13)18)21-12-6-3-2-4-7-12;1-7(2)5-3-4-6-8-7/h5,8-12H,2-4,6-7H2,1H3,(H,19,22)(H,20,21);3-6H2,1-2H3. The molecule has 1 saturated carbocycles. The number of hydrogen-bond donors (Lipinski definition) is 2. The Morgan fingerprint density at radius 1 is 1.07 bits per heavy atom. The van der Waals surface area contributed by atoms with Crippen molar-refractivity contribution < 1.29 is 4.74 Å². The molecule has 4 rings (SSSR count). The Morgan fingerprint density at radius 2 is 1.87 bits per heavy atom. The maximum Gasteiger partial charge on any atom is 0.126 e. The van der Waals surface area contributed by atoms with Gasteiger partial charge in [0, 0.05) is 31.5 Å². The summed E-state index contributed by atoms with van der Waals surface area (Å²) in [7, 11) is 1.86. The van der Waals surface area contributed by atoms with E-state index in [-0.39, 0.29) is 5.60 Å². The number of pyridine rings is 2. The predicted octanol–water partition coefficient (Wildman–Crippen LogP) is 6.55. The van der Waals surface area contributed by atoms with E-state index in [1.165, 1.54) is 51.4 Å².